The number of halogens is 1. The maximum Gasteiger partial charge on any atom is 0.313 e. The molecule has 2 aromatic rings. The molecule has 0 bridgehead atoms. The zero-order valence-corrected chi connectivity index (χ0v) is 15.1. The molecule has 1 aliphatic heterocycles. The minimum absolute atomic E-state index is 0.00739. The molecule has 1 unspecified atom stereocenters. The van der Waals surface area contributed by atoms with E-state index in [0.29, 0.717) is 19.5 Å². The molecule has 2 aromatic carbocycles. The van der Waals surface area contributed by atoms with Crippen LogP contribution < -0.4 is 10.1 Å². The summed E-state index contributed by atoms with van der Waals surface area (Å²) in [6.45, 7) is 3.04. The summed E-state index contributed by atoms with van der Waals surface area (Å²) in [7, 11) is 1.27. The maximum atomic E-state index is 14.2. The smallest absolute Gasteiger partial charge is 0.313 e. The Bertz CT molecular complexity index is 870. The third kappa shape index (κ3) is 3.99. The lowest BCUT2D eigenvalue weighted by Crippen LogP contribution is -2.33. The monoisotopic (exact) mass is 373 g/mol. The third-order valence-electron chi connectivity index (χ3n) is 4.59. The molecule has 7 nitrogen and oxygen atoms in total. The largest absolute Gasteiger partial charge is 0.490 e. The highest BCUT2D eigenvalue weighted by Crippen LogP contribution is 2.33. The number of amides is 1. The molecule has 0 spiro atoms. The molecule has 27 heavy (non-hydrogen) atoms. The van der Waals surface area contributed by atoms with Gasteiger partial charge in [0.25, 0.3) is 0 Å². The molecule has 1 atom stereocenters. The summed E-state index contributed by atoms with van der Waals surface area (Å²) in [5.74, 6) is -0.995. The van der Waals surface area contributed by atoms with Crippen LogP contribution in [-0.4, -0.2) is 35.4 Å². The van der Waals surface area contributed by atoms with Gasteiger partial charge in [0.1, 0.15) is 6.04 Å². The molecule has 1 fully saturated rings. The van der Waals surface area contributed by atoms with E-state index >= 15 is 0 Å². The number of carbonyl (C=O) groups is 1. The van der Waals surface area contributed by atoms with Crippen molar-refractivity contribution in [3.05, 3.63) is 63.5 Å². The van der Waals surface area contributed by atoms with Crippen LogP contribution in [0.15, 0.2) is 36.4 Å². The zero-order chi connectivity index (χ0) is 19.6. The topological polar surface area (TPSA) is 84.7 Å². The lowest BCUT2D eigenvalue weighted by atomic mass is 10.1. The first-order chi connectivity index (χ1) is 12.9. The van der Waals surface area contributed by atoms with Crippen molar-refractivity contribution in [1.82, 2.24) is 4.90 Å². The minimum Gasteiger partial charge on any atom is -0.490 e. The van der Waals surface area contributed by atoms with Gasteiger partial charge >= 0.3 is 5.69 Å². The zero-order valence-electron chi connectivity index (χ0n) is 15.1. The number of hydrogen-bond acceptors (Lipinski definition) is 5. The van der Waals surface area contributed by atoms with Crippen LogP contribution >= 0.6 is 0 Å². The van der Waals surface area contributed by atoms with Crippen LogP contribution in [0.1, 0.15) is 17.5 Å². The quantitative estimate of drug-likeness (QED) is 0.621. The highest BCUT2D eigenvalue weighted by Gasteiger charge is 2.32. The molecule has 1 amide bonds. The second kappa shape index (κ2) is 7.61. The number of ether oxygens (including phenoxy) is 1. The highest BCUT2D eigenvalue weighted by molar-refractivity contribution is 5.87. The van der Waals surface area contributed by atoms with Gasteiger partial charge in [0.05, 0.1) is 23.8 Å². The predicted octanol–water partition coefficient (Wildman–Crippen LogP) is 3.26. The number of nitrogens with zero attached hydrogens (tertiary/aromatic N) is 2. The number of anilines is 1. The van der Waals surface area contributed by atoms with Crippen LogP contribution in [0.2, 0.25) is 0 Å². The molecular weight excluding hydrogens is 353 g/mol. The van der Waals surface area contributed by atoms with Crippen LogP contribution in [0, 0.1) is 22.9 Å². The summed E-state index contributed by atoms with van der Waals surface area (Å²) in [6.07, 6.45) is 0.517. The Hall–Kier alpha value is -3.16. The maximum absolute atomic E-state index is 14.2. The Balaban J connectivity index is 1.72. The van der Waals surface area contributed by atoms with Crippen LogP contribution in [0.25, 0.3) is 0 Å². The predicted molar refractivity (Wildman–Crippen MR) is 98.2 cm³/mol. The van der Waals surface area contributed by atoms with Crippen molar-refractivity contribution in [3.8, 4) is 5.75 Å². The summed E-state index contributed by atoms with van der Waals surface area (Å²) < 4.78 is 19.2. The van der Waals surface area contributed by atoms with Gasteiger partial charge < -0.3 is 15.0 Å². The molecule has 0 aliphatic carbocycles. The molecule has 142 valence electrons. The standard InChI is InChI=1S/C19H20FN3O4/c1-12-3-5-13(6-4-12)11-22-8-7-15(19(22)24)21-16-10-18(27-2)17(23(25)26)9-14(16)20/h3-6,9-10,15,21H,7-8,11H2,1-2H3. The minimum atomic E-state index is -0.799. The first-order valence-corrected chi connectivity index (χ1v) is 8.52. The number of nitro groups is 1. The molecule has 1 saturated heterocycles. The lowest BCUT2D eigenvalue weighted by Gasteiger charge is -2.18. The third-order valence-corrected chi connectivity index (χ3v) is 4.59. The number of carbonyl (C=O) groups excluding carboxylic acids is 1. The fraction of sp³-hybridized carbons (Fsp3) is 0.316. The van der Waals surface area contributed by atoms with Crippen LogP contribution in [0.4, 0.5) is 15.8 Å². The van der Waals surface area contributed by atoms with E-state index in [4.69, 9.17) is 4.74 Å². The number of nitrogens with one attached hydrogen (secondary N) is 1. The van der Waals surface area contributed by atoms with Gasteiger partial charge in [-0.05, 0) is 18.9 Å². The first-order valence-electron chi connectivity index (χ1n) is 8.52. The van der Waals surface area contributed by atoms with Gasteiger partial charge in [-0.2, -0.15) is 0 Å². The molecule has 1 N–H and O–H groups in total. The Labute approximate surface area is 155 Å². The number of aryl methyl sites for hydroxylation is 1. The van der Waals surface area contributed by atoms with E-state index in [1.54, 1.807) is 4.90 Å². The number of rotatable bonds is 6. The second-order valence-electron chi connectivity index (χ2n) is 6.49. The van der Waals surface area contributed by atoms with Gasteiger partial charge in [-0.3, -0.25) is 14.9 Å². The van der Waals surface area contributed by atoms with E-state index < -0.39 is 22.5 Å². The number of nitro benzene ring substituents is 1. The number of methoxy groups -OCH3 is 1. The molecular formula is C19H20FN3O4. The van der Waals surface area contributed by atoms with E-state index in [9.17, 15) is 19.3 Å². The van der Waals surface area contributed by atoms with Crippen LogP contribution in [-0.2, 0) is 11.3 Å². The van der Waals surface area contributed by atoms with Gasteiger partial charge in [0, 0.05) is 19.2 Å². The van der Waals surface area contributed by atoms with Crippen molar-refractivity contribution in [2.45, 2.75) is 25.9 Å². The molecule has 0 radical (unpaired) electrons. The van der Waals surface area contributed by atoms with Crippen molar-refractivity contribution in [1.29, 1.82) is 0 Å². The SMILES string of the molecule is COc1cc(NC2CCN(Cc3ccc(C)cc3)C2=O)c(F)cc1[N+](=O)[O-]. The van der Waals surface area contributed by atoms with Gasteiger partial charge in [0.15, 0.2) is 11.6 Å². The van der Waals surface area contributed by atoms with E-state index in [0.717, 1.165) is 17.2 Å². The summed E-state index contributed by atoms with van der Waals surface area (Å²) in [4.78, 5) is 24.6. The van der Waals surface area contributed by atoms with Crippen molar-refractivity contribution in [2.75, 3.05) is 19.0 Å². The normalized spacial score (nSPS) is 16.5. The molecule has 3 rings (SSSR count). The Morgan fingerprint density at radius 2 is 2.04 bits per heavy atom. The van der Waals surface area contributed by atoms with Gasteiger partial charge in [-0.1, -0.05) is 29.8 Å². The van der Waals surface area contributed by atoms with Crippen molar-refractivity contribution < 1.29 is 18.8 Å². The van der Waals surface area contributed by atoms with Crippen molar-refractivity contribution in [2.24, 2.45) is 0 Å². The van der Waals surface area contributed by atoms with Gasteiger partial charge in [0.2, 0.25) is 5.91 Å². The van der Waals surface area contributed by atoms with Crippen molar-refractivity contribution in [3.63, 3.8) is 0 Å². The van der Waals surface area contributed by atoms with Crippen LogP contribution in [0.3, 0.4) is 0 Å². The fourth-order valence-electron chi connectivity index (χ4n) is 3.09. The fourth-order valence-corrected chi connectivity index (χ4v) is 3.09. The number of benzene rings is 2. The number of likely N-dealkylation sites (tertiary alicyclic amines) is 1. The molecule has 1 heterocycles. The summed E-state index contributed by atoms with van der Waals surface area (Å²) >= 11 is 0. The van der Waals surface area contributed by atoms with E-state index in [2.05, 4.69) is 5.32 Å². The molecule has 0 aromatic heterocycles. The molecule has 8 heteroatoms. The lowest BCUT2D eigenvalue weighted by molar-refractivity contribution is -0.385. The Kier molecular flexibility index (Phi) is 5.25. The highest BCUT2D eigenvalue weighted by atomic mass is 19.1. The van der Waals surface area contributed by atoms with Crippen molar-refractivity contribution >= 4 is 17.3 Å². The Morgan fingerprint density at radius 1 is 1.33 bits per heavy atom. The number of hydrogen-bond donors (Lipinski definition) is 1. The average Bonchev–Trinajstić information content (AvgIpc) is 2.98. The Morgan fingerprint density at radius 3 is 2.67 bits per heavy atom. The average molecular weight is 373 g/mol. The second-order valence-corrected chi connectivity index (χ2v) is 6.49. The van der Waals surface area contributed by atoms with Gasteiger partial charge in [-0.25, -0.2) is 4.39 Å². The van der Waals surface area contributed by atoms with E-state index in [1.165, 1.54) is 13.2 Å². The summed E-state index contributed by atoms with van der Waals surface area (Å²) in [5.41, 5.74) is 1.72. The first kappa shape index (κ1) is 18.6. The van der Waals surface area contributed by atoms with Gasteiger partial charge in [-0.15, -0.1) is 0 Å². The summed E-state index contributed by atoms with van der Waals surface area (Å²) in [6, 6.07) is 9.35. The molecule has 1 aliphatic rings. The van der Waals surface area contributed by atoms with E-state index in [-0.39, 0.29) is 17.3 Å². The molecule has 0 saturated carbocycles. The van der Waals surface area contributed by atoms with Crippen LogP contribution in [0.5, 0.6) is 5.75 Å². The summed E-state index contributed by atoms with van der Waals surface area (Å²) in [5, 5.41) is 13.8. The van der Waals surface area contributed by atoms with E-state index in [1.807, 2.05) is 31.2 Å².